The van der Waals surface area contributed by atoms with Gasteiger partial charge in [0.05, 0.1) is 29.2 Å². The van der Waals surface area contributed by atoms with Crippen LogP contribution in [0.3, 0.4) is 0 Å². The summed E-state index contributed by atoms with van der Waals surface area (Å²) in [6, 6.07) is 17.5. The van der Waals surface area contributed by atoms with E-state index in [0.717, 1.165) is 79.9 Å². The molecule has 0 bridgehead atoms. The van der Waals surface area contributed by atoms with Gasteiger partial charge in [0.25, 0.3) is 0 Å². The van der Waals surface area contributed by atoms with Crippen molar-refractivity contribution < 1.29 is 0 Å². The number of nitrogens with zero attached hydrogens (tertiary/aromatic N) is 6. The molecule has 0 spiro atoms. The van der Waals surface area contributed by atoms with Crippen molar-refractivity contribution in [3.63, 3.8) is 0 Å². The van der Waals surface area contributed by atoms with Crippen LogP contribution in [0.25, 0.3) is 23.4 Å². The van der Waals surface area contributed by atoms with Gasteiger partial charge in [-0.25, -0.2) is 9.98 Å². The Labute approximate surface area is 409 Å². The first kappa shape index (κ1) is 43.5. The van der Waals surface area contributed by atoms with Crippen molar-refractivity contribution in [2.24, 2.45) is 27.2 Å². The molecule has 7 heteroatoms. The van der Waals surface area contributed by atoms with Gasteiger partial charge in [0.1, 0.15) is 12.0 Å². The number of pyridine rings is 1. The fourth-order valence-corrected chi connectivity index (χ4v) is 12.6. The molecule has 5 atom stereocenters. The summed E-state index contributed by atoms with van der Waals surface area (Å²) in [5, 5.41) is 3.78. The second-order valence-corrected chi connectivity index (χ2v) is 21.5. The van der Waals surface area contributed by atoms with Gasteiger partial charge in [0.15, 0.2) is 5.84 Å². The van der Waals surface area contributed by atoms with E-state index >= 15 is 0 Å². The number of dihydropyridines is 1. The van der Waals surface area contributed by atoms with E-state index in [2.05, 4.69) is 190 Å². The quantitative estimate of drug-likeness (QED) is 0.257. The second-order valence-electron chi connectivity index (χ2n) is 21.5. The predicted octanol–water partition coefficient (Wildman–Crippen LogP) is 13.4. The number of hydrogen-bond acceptors (Lipinski definition) is 6. The summed E-state index contributed by atoms with van der Waals surface area (Å²) >= 11 is 0. The highest BCUT2D eigenvalue weighted by Crippen LogP contribution is 2.52. The van der Waals surface area contributed by atoms with Crippen molar-refractivity contribution in [1.82, 2.24) is 24.7 Å². The van der Waals surface area contributed by atoms with Crippen molar-refractivity contribution in [1.29, 1.82) is 0 Å². The van der Waals surface area contributed by atoms with E-state index in [-0.39, 0.29) is 29.6 Å². The molecule has 6 aliphatic carbocycles. The molecule has 2 aromatic heterocycles. The first-order valence-electron chi connectivity index (χ1n) is 25.6. The Balaban J connectivity index is 1.11. The summed E-state index contributed by atoms with van der Waals surface area (Å²) in [6.45, 7) is 14.0. The van der Waals surface area contributed by atoms with Gasteiger partial charge >= 0.3 is 0 Å². The number of likely N-dealkylation sites (N-methyl/N-ethyl adjacent to an activating group) is 1. The summed E-state index contributed by atoms with van der Waals surface area (Å²) in [4.78, 5) is 22.0. The summed E-state index contributed by atoms with van der Waals surface area (Å²) in [7, 11) is 2.22. The molecule has 5 heterocycles. The first-order valence-corrected chi connectivity index (χ1v) is 25.6. The van der Waals surface area contributed by atoms with Gasteiger partial charge in [-0.15, -0.1) is 0 Å². The lowest BCUT2D eigenvalue weighted by Gasteiger charge is -2.41. The van der Waals surface area contributed by atoms with Crippen LogP contribution in [-0.4, -0.2) is 50.2 Å². The monoisotopic (exact) mass is 908 g/mol. The molecule has 9 aliphatic rings. The normalized spacial score (nSPS) is 26.8. The van der Waals surface area contributed by atoms with Crippen molar-refractivity contribution in [3.8, 4) is 0 Å². The van der Waals surface area contributed by atoms with Crippen LogP contribution in [-0.2, 0) is 12.8 Å². The van der Waals surface area contributed by atoms with Gasteiger partial charge in [-0.1, -0.05) is 135 Å². The molecule has 3 aromatic rings. The van der Waals surface area contributed by atoms with Crippen LogP contribution in [0.1, 0.15) is 120 Å². The zero-order chi connectivity index (χ0) is 47.1. The number of hydrogen-bond donors (Lipinski definition) is 1. The molecule has 7 nitrogen and oxygen atoms in total. The maximum absolute atomic E-state index is 5.99. The highest BCUT2D eigenvalue weighted by atomic mass is 15.3. The predicted molar refractivity (Wildman–Crippen MR) is 286 cm³/mol. The minimum absolute atomic E-state index is 0.0562. The zero-order valence-electron chi connectivity index (χ0n) is 41.4. The van der Waals surface area contributed by atoms with E-state index < -0.39 is 0 Å². The molecule has 0 saturated heterocycles. The SMILES string of the molecule is CC1=CC2C3=C(CC(C)C(C)=C3)N(C3=C(C4C=CC=CN4)CCC=C3C3=NC(c4ccccc4)N(C)C(C4=C(n5c6c(c7c5CCC(C)=C7)CC(C)(C)C=C6)C(c5ccccn5)=CCC4)=N3)C2C=C1. The molecule has 69 heavy (non-hydrogen) atoms. The largest absolute Gasteiger partial charge is 0.381 e. The number of nitrogens with one attached hydrogen (secondary N) is 1. The van der Waals surface area contributed by atoms with E-state index in [1.165, 1.54) is 78.6 Å². The molecule has 12 rings (SSSR count). The van der Waals surface area contributed by atoms with Gasteiger partial charge in [-0.05, 0) is 142 Å². The molecule has 0 fully saturated rings. The van der Waals surface area contributed by atoms with Crippen molar-refractivity contribution in [2.45, 2.75) is 111 Å². The number of aliphatic imine (C=N–C) groups is 2. The van der Waals surface area contributed by atoms with E-state index in [0.29, 0.717) is 5.92 Å². The third-order valence-corrected chi connectivity index (χ3v) is 16.2. The standard InChI is InChI=1S/C62H65N7/c1-38-25-27-53-47(33-38)49-35-40(3)41(4)36-56(49)69(53)57-43(51-23-11-13-31-63-51)19-15-21-45(57)59-65-60(42-17-9-8-10-18-42)67(7)61(66-59)46-22-16-20-44(52-24-12-14-32-64-52)58(46)68-54-28-26-39(2)34-48(54)50-37-62(5,6)30-29-55(50)68/h8-14,17-18,20-21,23-25,27,29-35,41,47,51,53,60,63H,15-16,19,22,26,28,36-37H2,1-7H3. The number of allylic oxidation sites excluding steroid dienone is 13. The van der Waals surface area contributed by atoms with Gasteiger partial charge in [0.2, 0.25) is 0 Å². The Kier molecular flexibility index (Phi) is 10.8. The number of fused-ring (bicyclic) bond motifs is 5. The van der Waals surface area contributed by atoms with E-state index in [1.807, 2.05) is 12.3 Å². The lowest BCUT2D eigenvalue weighted by Crippen LogP contribution is -2.41. The first-order chi connectivity index (χ1) is 33.5. The summed E-state index contributed by atoms with van der Waals surface area (Å²) in [5.74, 6) is 2.52. The Morgan fingerprint density at radius 3 is 2.48 bits per heavy atom. The van der Waals surface area contributed by atoms with Crippen LogP contribution in [0.5, 0.6) is 0 Å². The molecular weight excluding hydrogens is 843 g/mol. The van der Waals surface area contributed by atoms with Crippen LogP contribution in [0.2, 0.25) is 0 Å². The number of aromatic nitrogens is 2. The Bertz CT molecular complexity index is 3120. The topological polar surface area (TPSA) is 61.0 Å². The Hall–Kier alpha value is -6.73. The third-order valence-electron chi connectivity index (χ3n) is 16.2. The smallest absolute Gasteiger partial charge is 0.161 e. The maximum Gasteiger partial charge on any atom is 0.161 e. The molecular formula is C62H65N7. The number of amidine groups is 2. The Morgan fingerprint density at radius 2 is 1.67 bits per heavy atom. The van der Waals surface area contributed by atoms with E-state index in [1.54, 1.807) is 0 Å². The Morgan fingerprint density at radius 1 is 0.841 bits per heavy atom. The maximum atomic E-state index is 5.99. The fourth-order valence-electron chi connectivity index (χ4n) is 12.6. The summed E-state index contributed by atoms with van der Waals surface area (Å²) in [6.07, 6.45) is 40.1. The molecule has 348 valence electrons. The average Bonchev–Trinajstić information content (AvgIpc) is 3.83. The lowest BCUT2D eigenvalue weighted by molar-refractivity contribution is 0.345. The van der Waals surface area contributed by atoms with E-state index in [9.17, 15) is 0 Å². The average molecular weight is 908 g/mol. The van der Waals surface area contributed by atoms with Crippen LogP contribution < -0.4 is 5.32 Å². The summed E-state index contributed by atoms with van der Waals surface area (Å²) in [5.41, 5.74) is 22.3. The van der Waals surface area contributed by atoms with Gasteiger partial charge in [-0.3, -0.25) is 4.98 Å². The highest BCUT2D eigenvalue weighted by molar-refractivity contribution is 6.19. The third kappa shape index (κ3) is 7.42. The molecule has 5 unspecified atom stereocenters. The molecule has 0 saturated carbocycles. The molecule has 1 N–H and O–H groups in total. The summed E-state index contributed by atoms with van der Waals surface area (Å²) < 4.78 is 2.65. The molecule has 1 aromatic carbocycles. The fraction of sp³-hybridized carbons (Fsp3) is 0.339. The lowest BCUT2D eigenvalue weighted by atomic mass is 9.79. The van der Waals surface area contributed by atoms with Gasteiger partial charge in [0, 0.05) is 53.0 Å². The van der Waals surface area contributed by atoms with Crippen LogP contribution in [0, 0.1) is 17.3 Å². The van der Waals surface area contributed by atoms with Gasteiger partial charge in [-0.2, -0.15) is 0 Å². The van der Waals surface area contributed by atoms with Crippen molar-refractivity contribution in [2.75, 3.05) is 7.05 Å². The van der Waals surface area contributed by atoms with Gasteiger partial charge < -0.3 is 19.7 Å². The van der Waals surface area contributed by atoms with E-state index in [4.69, 9.17) is 15.0 Å². The minimum atomic E-state index is -0.296. The van der Waals surface area contributed by atoms with Crippen molar-refractivity contribution >= 4 is 35.1 Å². The minimum Gasteiger partial charge on any atom is -0.381 e. The van der Waals surface area contributed by atoms with Crippen LogP contribution in [0.15, 0.2) is 182 Å². The highest BCUT2D eigenvalue weighted by Gasteiger charge is 2.46. The number of rotatable bonds is 7. The van der Waals surface area contributed by atoms with Crippen LogP contribution >= 0.6 is 0 Å². The van der Waals surface area contributed by atoms with Crippen molar-refractivity contribution in [3.05, 3.63) is 206 Å². The van der Waals surface area contributed by atoms with Crippen LogP contribution in [0.4, 0.5) is 0 Å². The molecule has 0 amide bonds. The second kappa shape index (κ2) is 17.0. The number of benzene rings is 1. The molecule has 3 aliphatic heterocycles. The zero-order valence-corrected chi connectivity index (χ0v) is 41.4. The molecule has 0 radical (unpaired) electrons.